The van der Waals surface area contributed by atoms with Gasteiger partial charge in [-0.15, -0.1) is 0 Å². The molecule has 0 spiro atoms. The first-order chi connectivity index (χ1) is 13.6. The van der Waals surface area contributed by atoms with Crippen LogP contribution >= 0.6 is 11.6 Å². The quantitative estimate of drug-likeness (QED) is 0.793. The summed E-state index contributed by atoms with van der Waals surface area (Å²) in [4.78, 5) is 26.1. The molecular formula is C21H26ClN5O. The summed E-state index contributed by atoms with van der Waals surface area (Å²) >= 11 is 6.09. The Labute approximate surface area is 171 Å². The van der Waals surface area contributed by atoms with Gasteiger partial charge in [-0.3, -0.25) is 4.79 Å². The van der Waals surface area contributed by atoms with Crippen molar-refractivity contribution in [3.05, 3.63) is 53.3 Å². The maximum absolute atomic E-state index is 12.8. The Morgan fingerprint density at radius 1 is 0.893 bits per heavy atom. The van der Waals surface area contributed by atoms with Crippen LogP contribution in [0.5, 0.6) is 0 Å². The van der Waals surface area contributed by atoms with Crippen LogP contribution in [0.15, 0.2) is 42.6 Å². The highest BCUT2D eigenvalue weighted by Gasteiger charge is 2.23. The Balaban J connectivity index is 1.35. The van der Waals surface area contributed by atoms with Crippen LogP contribution in [0.3, 0.4) is 0 Å². The van der Waals surface area contributed by atoms with Crippen LogP contribution < -0.4 is 9.80 Å². The summed E-state index contributed by atoms with van der Waals surface area (Å²) in [6.45, 7) is 7.07. The minimum Gasteiger partial charge on any atom is -0.368 e. The molecule has 2 aromatic rings. The van der Waals surface area contributed by atoms with E-state index in [0.717, 1.165) is 55.7 Å². The summed E-state index contributed by atoms with van der Waals surface area (Å²) in [6.07, 6.45) is 1.83. The van der Waals surface area contributed by atoms with Crippen molar-refractivity contribution < 1.29 is 4.79 Å². The highest BCUT2D eigenvalue weighted by Crippen LogP contribution is 2.21. The number of carbonyl (C=O) groups excluding carboxylic acids is 1. The molecule has 28 heavy (non-hydrogen) atoms. The van der Waals surface area contributed by atoms with Crippen LogP contribution in [0.2, 0.25) is 5.02 Å². The van der Waals surface area contributed by atoms with E-state index in [1.165, 1.54) is 0 Å². The minimum absolute atomic E-state index is 0.00988. The zero-order chi connectivity index (χ0) is 19.5. The molecule has 0 bridgehead atoms. The van der Waals surface area contributed by atoms with Crippen LogP contribution in [-0.4, -0.2) is 80.1 Å². The average molecular weight is 400 g/mol. The molecule has 2 aliphatic rings. The molecule has 0 radical (unpaired) electrons. The van der Waals surface area contributed by atoms with Gasteiger partial charge in [-0.1, -0.05) is 17.7 Å². The largest absolute Gasteiger partial charge is 0.368 e. The number of amides is 1. The fraction of sp³-hybridized carbons (Fsp3) is 0.429. The van der Waals surface area contributed by atoms with Gasteiger partial charge in [0, 0.05) is 63.1 Å². The lowest BCUT2D eigenvalue weighted by Gasteiger charge is -2.36. The topological polar surface area (TPSA) is 42.9 Å². The number of likely N-dealkylation sites (N-methyl/N-ethyl adjacent to an activating group) is 1. The number of anilines is 2. The van der Waals surface area contributed by atoms with Crippen molar-refractivity contribution in [1.29, 1.82) is 0 Å². The Kier molecular flexibility index (Phi) is 5.69. The molecule has 3 heterocycles. The van der Waals surface area contributed by atoms with Crippen LogP contribution in [0.4, 0.5) is 11.4 Å². The van der Waals surface area contributed by atoms with Gasteiger partial charge in [0.15, 0.2) is 0 Å². The lowest BCUT2D eigenvalue weighted by molar-refractivity contribution is 0.0741. The third-order valence-corrected chi connectivity index (χ3v) is 5.81. The van der Waals surface area contributed by atoms with Crippen LogP contribution in [0.1, 0.15) is 10.5 Å². The summed E-state index contributed by atoms with van der Waals surface area (Å²) < 4.78 is 0. The van der Waals surface area contributed by atoms with E-state index in [0.29, 0.717) is 18.8 Å². The zero-order valence-electron chi connectivity index (χ0n) is 16.2. The van der Waals surface area contributed by atoms with E-state index in [-0.39, 0.29) is 5.91 Å². The minimum atomic E-state index is 0.00988. The monoisotopic (exact) mass is 399 g/mol. The number of halogens is 1. The number of nitrogens with zero attached hydrogens (tertiary/aromatic N) is 5. The predicted octanol–water partition coefficient (Wildman–Crippen LogP) is 2.45. The van der Waals surface area contributed by atoms with Crippen molar-refractivity contribution in [2.24, 2.45) is 0 Å². The summed E-state index contributed by atoms with van der Waals surface area (Å²) in [5, 5.41) is 0.737. The molecule has 1 aromatic carbocycles. The fourth-order valence-corrected chi connectivity index (χ4v) is 3.95. The zero-order valence-corrected chi connectivity index (χ0v) is 17.0. The average Bonchev–Trinajstić information content (AvgIpc) is 2.74. The number of benzene rings is 1. The van der Waals surface area contributed by atoms with Crippen molar-refractivity contribution in [2.75, 3.05) is 69.2 Å². The number of rotatable bonds is 3. The molecule has 7 heteroatoms. The second-order valence-electron chi connectivity index (χ2n) is 7.45. The Morgan fingerprint density at radius 2 is 1.57 bits per heavy atom. The standard InChI is InChI=1S/C21H26ClN5O/c1-24-7-9-26(10-8-24)19-5-6-20(23-16-19)21(28)27-13-11-25(12-14-27)18-4-2-3-17(22)15-18/h2-6,15-16H,7-14H2,1H3. The van der Waals surface area contributed by atoms with Gasteiger partial charge in [-0.05, 0) is 37.4 Å². The van der Waals surface area contributed by atoms with Gasteiger partial charge >= 0.3 is 0 Å². The first kappa shape index (κ1) is 19.0. The summed E-state index contributed by atoms with van der Waals surface area (Å²) in [7, 11) is 2.14. The van der Waals surface area contributed by atoms with Gasteiger partial charge in [0.2, 0.25) is 0 Å². The van der Waals surface area contributed by atoms with E-state index in [1.54, 1.807) is 0 Å². The Bertz CT molecular complexity index is 812. The highest BCUT2D eigenvalue weighted by molar-refractivity contribution is 6.30. The number of aromatic nitrogens is 1. The Morgan fingerprint density at radius 3 is 2.21 bits per heavy atom. The number of carbonyl (C=O) groups is 1. The molecule has 1 aromatic heterocycles. The molecule has 4 rings (SSSR count). The molecule has 0 saturated carbocycles. The van der Waals surface area contributed by atoms with Crippen molar-refractivity contribution >= 4 is 28.9 Å². The van der Waals surface area contributed by atoms with Gasteiger partial charge in [-0.25, -0.2) is 4.98 Å². The van der Waals surface area contributed by atoms with Crippen LogP contribution in [-0.2, 0) is 0 Å². The van der Waals surface area contributed by atoms with E-state index >= 15 is 0 Å². The maximum atomic E-state index is 12.8. The second kappa shape index (κ2) is 8.37. The molecular weight excluding hydrogens is 374 g/mol. The summed E-state index contributed by atoms with van der Waals surface area (Å²) in [6, 6.07) is 11.7. The highest BCUT2D eigenvalue weighted by atomic mass is 35.5. The van der Waals surface area contributed by atoms with Gasteiger partial charge in [0.25, 0.3) is 5.91 Å². The van der Waals surface area contributed by atoms with Crippen molar-refractivity contribution in [3.8, 4) is 0 Å². The van der Waals surface area contributed by atoms with Gasteiger partial charge in [0.05, 0.1) is 11.9 Å². The third-order valence-electron chi connectivity index (χ3n) is 5.58. The molecule has 6 nitrogen and oxygen atoms in total. The fourth-order valence-electron chi connectivity index (χ4n) is 3.77. The van der Waals surface area contributed by atoms with E-state index in [4.69, 9.17) is 11.6 Å². The van der Waals surface area contributed by atoms with E-state index in [2.05, 4.69) is 32.8 Å². The van der Waals surface area contributed by atoms with Crippen LogP contribution in [0, 0.1) is 0 Å². The maximum Gasteiger partial charge on any atom is 0.272 e. The molecule has 2 aliphatic heterocycles. The van der Waals surface area contributed by atoms with Gasteiger partial charge in [-0.2, -0.15) is 0 Å². The first-order valence-corrected chi connectivity index (χ1v) is 10.2. The normalized spacial score (nSPS) is 18.4. The van der Waals surface area contributed by atoms with Crippen LogP contribution in [0.25, 0.3) is 0 Å². The van der Waals surface area contributed by atoms with Crippen molar-refractivity contribution in [3.63, 3.8) is 0 Å². The van der Waals surface area contributed by atoms with E-state index < -0.39 is 0 Å². The number of hydrogen-bond donors (Lipinski definition) is 0. The van der Waals surface area contributed by atoms with Gasteiger partial charge < -0.3 is 19.6 Å². The SMILES string of the molecule is CN1CCN(c2ccc(C(=O)N3CCN(c4cccc(Cl)c4)CC3)nc2)CC1. The number of piperazine rings is 2. The van der Waals surface area contributed by atoms with Crippen molar-refractivity contribution in [2.45, 2.75) is 0 Å². The smallest absolute Gasteiger partial charge is 0.272 e. The predicted molar refractivity (Wildman–Crippen MR) is 114 cm³/mol. The lowest BCUT2D eigenvalue weighted by Crippen LogP contribution is -2.49. The van der Waals surface area contributed by atoms with Crippen molar-refractivity contribution in [1.82, 2.24) is 14.8 Å². The number of pyridine rings is 1. The third kappa shape index (κ3) is 4.23. The molecule has 0 unspecified atom stereocenters. The van der Waals surface area contributed by atoms with E-state index in [1.807, 2.05) is 41.4 Å². The molecule has 0 N–H and O–H groups in total. The lowest BCUT2D eigenvalue weighted by atomic mass is 10.2. The molecule has 0 aliphatic carbocycles. The number of hydrogen-bond acceptors (Lipinski definition) is 5. The molecule has 2 fully saturated rings. The molecule has 148 valence electrons. The van der Waals surface area contributed by atoms with Gasteiger partial charge in [0.1, 0.15) is 5.69 Å². The Hall–Kier alpha value is -2.31. The molecule has 1 amide bonds. The summed E-state index contributed by atoms with van der Waals surface area (Å²) in [5.41, 5.74) is 2.72. The molecule has 2 saturated heterocycles. The molecule has 0 atom stereocenters. The van der Waals surface area contributed by atoms with E-state index in [9.17, 15) is 4.79 Å². The first-order valence-electron chi connectivity index (χ1n) is 9.79. The summed E-state index contributed by atoms with van der Waals surface area (Å²) in [5.74, 6) is 0.00988. The second-order valence-corrected chi connectivity index (χ2v) is 7.89.